The predicted octanol–water partition coefficient (Wildman–Crippen LogP) is 3.38. The van der Waals surface area contributed by atoms with Crippen LogP contribution in [0, 0.1) is 6.92 Å². The van der Waals surface area contributed by atoms with E-state index in [1.165, 1.54) is 0 Å². The number of methoxy groups -OCH3 is 2. The van der Waals surface area contributed by atoms with Crippen molar-refractivity contribution in [3.63, 3.8) is 0 Å². The van der Waals surface area contributed by atoms with E-state index in [-0.39, 0.29) is 5.56 Å². The minimum Gasteiger partial charge on any atom is -0.497 e. The van der Waals surface area contributed by atoms with E-state index in [0.29, 0.717) is 35.3 Å². The smallest absolute Gasteiger partial charge is 0.253 e. The van der Waals surface area contributed by atoms with Crippen LogP contribution in [0.5, 0.6) is 11.5 Å². The molecule has 3 aromatic rings. The van der Waals surface area contributed by atoms with Crippen molar-refractivity contribution in [2.75, 3.05) is 58.9 Å². The predicted molar refractivity (Wildman–Crippen MR) is 143 cm³/mol. The summed E-state index contributed by atoms with van der Waals surface area (Å²) in [4.78, 5) is 20.3. The van der Waals surface area contributed by atoms with Crippen LogP contribution in [0.25, 0.3) is 10.9 Å². The van der Waals surface area contributed by atoms with Gasteiger partial charge in [0.2, 0.25) is 0 Å². The number of hydrogen-bond donors (Lipinski definition) is 2. The topological polar surface area (TPSA) is 79.1 Å². The van der Waals surface area contributed by atoms with E-state index in [0.717, 1.165) is 55.0 Å². The van der Waals surface area contributed by atoms with Crippen LogP contribution in [0.2, 0.25) is 0 Å². The maximum atomic E-state index is 12.9. The molecule has 1 aliphatic rings. The molecule has 0 amide bonds. The van der Waals surface area contributed by atoms with Crippen molar-refractivity contribution in [3.05, 3.63) is 63.9 Å². The molecule has 1 aliphatic heterocycles. The highest BCUT2D eigenvalue weighted by atomic mass is 32.1. The van der Waals surface area contributed by atoms with E-state index in [9.17, 15) is 4.79 Å². The van der Waals surface area contributed by atoms with Gasteiger partial charge in [0.1, 0.15) is 11.5 Å². The van der Waals surface area contributed by atoms with Crippen molar-refractivity contribution in [3.8, 4) is 11.5 Å². The summed E-state index contributed by atoms with van der Waals surface area (Å²) in [6, 6.07) is 13.5. The Kier molecular flexibility index (Phi) is 8.22. The van der Waals surface area contributed by atoms with Crippen LogP contribution in [0.15, 0.2) is 47.3 Å². The monoisotopic (exact) mass is 496 g/mol. The lowest BCUT2D eigenvalue weighted by Crippen LogP contribution is -2.44. The van der Waals surface area contributed by atoms with E-state index in [1.807, 2.05) is 42.2 Å². The summed E-state index contributed by atoms with van der Waals surface area (Å²) in [7, 11) is 3.22. The Hall–Kier alpha value is -3.14. The minimum absolute atomic E-state index is 0.109. The van der Waals surface area contributed by atoms with Crippen LogP contribution in [0.1, 0.15) is 11.1 Å². The van der Waals surface area contributed by atoms with Crippen LogP contribution in [0.4, 0.5) is 5.69 Å². The molecule has 0 radical (unpaired) electrons. The van der Waals surface area contributed by atoms with Gasteiger partial charge in [-0.25, -0.2) is 0 Å². The van der Waals surface area contributed by atoms with E-state index >= 15 is 0 Å². The van der Waals surface area contributed by atoms with Gasteiger partial charge >= 0.3 is 0 Å². The van der Waals surface area contributed by atoms with Gasteiger partial charge in [0.25, 0.3) is 5.56 Å². The van der Waals surface area contributed by atoms with Crippen LogP contribution in [0.3, 0.4) is 0 Å². The zero-order valence-electron chi connectivity index (χ0n) is 20.4. The minimum atomic E-state index is -0.109. The first kappa shape index (κ1) is 25.0. The van der Waals surface area contributed by atoms with Gasteiger partial charge < -0.3 is 29.4 Å². The number of thiocarbonyl (C=S) groups is 1. The van der Waals surface area contributed by atoms with Gasteiger partial charge in [0, 0.05) is 43.3 Å². The molecule has 1 saturated heterocycles. The fourth-order valence-electron chi connectivity index (χ4n) is 4.13. The van der Waals surface area contributed by atoms with Crippen molar-refractivity contribution in [2.45, 2.75) is 13.5 Å². The molecule has 186 valence electrons. The molecular formula is C26H32N4O4S. The van der Waals surface area contributed by atoms with Gasteiger partial charge in [0.15, 0.2) is 5.11 Å². The van der Waals surface area contributed by atoms with E-state index in [1.54, 1.807) is 20.3 Å². The van der Waals surface area contributed by atoms with E-state index in [2.05, 4.69) is 21.3 Å². The maximum absolute atomic E-state index is 12.9. The number of morpholine rings is 1. The Morgan fingerprint density at radius 3 is 2.69 bits per heavy atom. The van der Waals surface area contributed by atoms with E-state index in [4.69, 9.17) is 26.4 Å². The van der Waals surface area contributed by atoms with E-state index < -0.39 is 0 Å². The number of H-pyrrole nitrogens is 1. The molecule has 35 heavy (non-hydrogen) atoms. The van der Waals surface area contributed by atoms with Crippen LogP contribution >= 0.6 is 12.2 Å². The number of fused-ring (bicyclic) bond motifs is 1. The maximum Gasteiger partial charge on any atom is 0.253 e. The molecular weight excluding hydrogens is 464 g/mol. The number of nitrogens with zero attached hydrogens (tertiary/aromatic N) is 2. The molecule has 1 aromatic heterocycles. The molecule has 0 atom stereocenters. The van der Waals surface area contributed by atoms with Gasteiger partial charge in [-0.3, -0.25) is 9.69 Å². The lowest BCUT2D eigenvalue weighted by molar-refractivity contribution is 0.0358. The molecule has 9 heteroatoms. The number of aryl methyl sites for hydroxylation is 1. The third-order valence-electron chi connectivity index (χ3n) is 6.17. The average molecular weight is 497 g/mol. The normalized spacial score (nSPS) is 14.0. The summed E-state index contributed by atoms with van der Waals surface area (Å²) < 4.78 is 16.3. The number of hydrogen-bond acceptors (Lipinski definition) is 6. The molecule has 4 rings (SSSR count). The third-order valence-corrected chi connectivity index (χ3v) is 6.53. The highest BCUT2D eigenvalue weighted by molar-refractivity contribution is 7.80. The summed E-state index contributed by atoms with van der Waals surface area (Å²) in [6.07, 6.45) is 0. The highest BCUT2D eigenvalue weighted by Crippen LogP contribution is 2.29. The number of aromatic amines is 1. The fraction of sp³-hybridized carbons (Fsp3) is 0.385. The summed E-state index contributed by atoms with van der Waals surface area (Å²) in [5, 5.41) is 4.83. The molecule has 0 unspecified atom stereocenters. The lowest BCUT2D eigenvalue weighted by Gasteiger charge is -2.31. The quantitative estimate of drug-likeness (QED) is 0.460. The molecule has 2 N–H and O–H groups in total. The van der Waals surface area contributed by atoms with Gasteiger partial charge in [-0.1, -0.05) is 11.6 Å². The molecule has 1 fully saturated rings. The zero-order valence-corrected chi connectivity index (χ0v) is 21.2. The van der Waals surface area contributed by atoms with Gasteiger partial charge in [-0.15, -0.1) is 0 Å². The van der Waals surface area contributed by atoms with Crippen molar-refractivity contribution in [1.29, 1.82) is 0 Å². The van der Waals surface area contributed by atoms with Crippen molar-refractivity contribution >= 4 is 33.9 Å². The summed E-state index contributed by atoms with van der Waals surface area (Å²) >= 11 is 5.82. The Labute approximate surface area is 210 Å². The Balaban J connectivity index is 1.58. The molecule has 0 aliphatic carbocycles. The van der Waals surface area contributed by atoms with Crippen LogP contribution in [-0.4, -0.2) is 73.5 Å². The first-order valence-electron chi connectivity index (χ1n) is 11.7. The lowest BCUT2D eigenvalue weighted by atomic mass is 10.1. The number of anilines is 1. The average Bonchev–Trinajstić information content (AvgIpc) is 2.87. The van der Waals surface area contributed by atoms with Gasteiger partial charge in [-0.2, -0.15) is 0 Å². The Bertz CT molecular complexity index is 1240. The Morgan fingerprint density at radius 2 is 1.94 bits per heavy atom. The van der Waals surface area contributed by atoms with Gasteiger partial charge in [-0.05, 0) is 54.9 Å². The fourth-order valence-corrected chi connectivity index (χ4v) is 4.40. The third kappa shape index (κ3) is 6.30. The number of rotatable bonds is 8. The molecule has 2 aromatic carbocycles. The highest BCUT2D eigenvalue weighted by Gasteiger charge is 2.18. The van der Waals surface area contributed by atoms with Crippen molar-refractivity contribution < 1.29 is 14.2 Å². The largest absolute Gasteiger partial charge is 0.497 e. The zero-order chi connectivity index (χ0) is 24.8. The molecule has 0 saturated carbocycles. The summed E-state index contributed by atoms with van der Waals surface area (Å²) in [5.74, 6) is 1.32. The number of ether oxygens (including phenoxy) is 3. The molecule has 0 spiro atoms. The number of pyridine rings is 1. The van der Waals surface area contributed by atoms with Gasteiger partial charge in [0.05, 0.1) is 39.7 Å². The summed E-state index contributed by atoms with van der Waals surface area (Å²) in [6.45, 7) is 7.14. The number of benzene rings is 2. The molecule has 0 bridgehead atoms. The number of aromatic nitrogens is 1. The second-order valence-electron chi connectivity index (χ2n) is 8.59. The molecule has 2 heterocycles. The standard InChI is InChI=1S/C26H32N4O4S/c1-18-4-6-22-19(14-18)15-20(25(31)27-22)17-30(9-8-29-10-12-34-13-11-29)26(35)28-23-7-5-21(32-2)16-24(23)33-3/h4-7,14-16H,8-13,17H2,1-3H3,(H,27,31)(H,28,35). The molecule has 8 nitrogen and oxygen atoms in total. The second kappa shape index (κ2) is 11.5. The second-order valence-corrected chi connectivity index (χ2v) is 8.97. The summed E-state index contributed by atoms with van der Waals surface area (Å²) in [5.41, 5.74) is 3.26. The number of nitrogens with one attached hydrogen (secondary N) is 2. The first-order chi connectivity index (χ1) is 17.0. The SMILES string of the molecule is COc1ccc(NC(=S)N(CCN2CCOCC2)Cc2cc3cc(C)ccc3[nH]c2=O)c(OC)c1. The van der Waals surface area contributed by atoms with Crippen molar-refractivity contribution in [2.24, 2.45) is 0 Å². The first-order valence-corrected chi connectivity index (χ1v) is 12.1. The van der Waals surface area contributed by atoms with Crippen molar-refractivity contribution in [1.82, 2.24) is 14.8 Å². The van der Waals surface area contributed by atoms with Crippen LogP contribution < -0.4 is 20.3 Å². The van der Waals surface area contributed by atoms with Crippen LogP contribution in [-0.2, 0) is 11.3 Å². The Morgan fingerprint density at radius 1 is 1.14 bits per heavy atom.